The second-order valence-corrected chi connectivity index (χ2v) is 8.29. The number of rotatable bonds is 5. The summed E-state index contributed by atoms with van der Waals surface area (Å²) in [6.07, 6.45) is 0. The predicted octanol–water partition coefficient (Wildman–Crippen LogP) is 2.89. The van der Waals surface area contributed by atoms with E-state index in [4.69, 9.17) is 16.3 Å². The van der Waals surface area contributed by atoms with Crippen LogP contribution in [0.25, 0.3) is 4.91 Å². The van der Waals surface area contributed by atoms with Crippen molar-refractivity contribution in [2.75, 3.05) is 19.0 Å². The highest BCUT2D eigenvalue weighted by Crippen LogP contribution is 2.35. The lowest BCUT2D eigenvalue weighted by molar-refractivity contribution is -0.126. The van der Waals surface area contributed by atoms with E-state index >= 15 is 0 Å². The number of hydrogen-bond acceptors (Lipinski definition) is 5. The Kier molecular flexibility index (Phi) is 5.44. The van der Waals surface area contributed by atoms with Crippen molar-refractivity contribution in [3.05, 3.63) is 64.7 Å². The van der Waals surface area contributed by atoms with Gasteiger partial charge in [0, 0.05) is 16.3 Å². The number of nitrogens with zero attached hydrogens (tertiary/aromatic N) is 1. The molecule has 2 amide bonds. The Labute approximate surface area is 167 Å². The lowest BCUT2D eigenvalue weighted by Crippen LogP contribution is -2.38. The zero-order chi connectivity index (χ0) is 20.5. The lowest BCUT2D eigenvalue weighted by atomic mass is 10.1. The van der Waals surface area contributed by atoms with Gasteiger partial charge in [-0.1, -0.05) is 11.6 Å². The third-order valence-electron chi connectivity index (χ3n) is 4.20. The summed E-state index contributed by atoms with van der Waals surface area (Å²) in [5, 5.41) is 3.05. The van der Waals surface area contributed by atoms with Crippen LogP contribution in [0.2, 0.25) is 5.02 Å². The van der Waals surface area contributed by atoms with E-state index in [1.807, 2.05) is 0 Å². The highest BCUT2D eigenvalue weighted by molar-refractivity contribution is 7.99. The Morgan fingerprint density at radius 2 is 1.71 bits per heavy atom. The van der Waals surface area contributed by atoms with Gasteiger partial charge < -0.3 is 10.1 Å². The smallest absolute Gasteiger partial charge is 0.268 e. The van der Waals surface area contributed by atoms with Crippen LogP contribution in [0.15, 0.2) is 54.1 Å². The zero-order valence-electron chi connectivity index (χ0n) is 15.1. The summed E-state index contributed by atoms with van der Waals surface area (Å²) in [7, 11) is -2.66. The van der Waals surface area contributed by atoms with Gasteiger partial charge in [-0.2, -0.15) is 0 Å². The van der Waals surface area contributed by atoms with Crippen LogP contribution in [0.5, 0.6) is 5.75 Å². The van der Waals surface area contributed by atoms with E-state index < -0.39 is 28.4 Å². The first-order chi connectivity index (χ1) is 13.2. The third kappa shape index (κ3) is 3.74. The summed E-state index contributed by atoms with van der Waals surface area (Å²) in [6, 6.07) is 12.6. The number of anilines is 1. The van der Waals surface area contributed by atoms with Crippen LogP contribution in [0.1, 0.15) is 12.5 Å². The SMILES string of the molecule is COc1ccc(C2=C(C)C(=O)N(CC(=O)Nc3ccc(Cl)cc3)S2(=O)=O)cc1. The van der Waals surface area contributed by atoms with Crippen molar-refractivity contribution in [1.82, 2.24) is 4.31 Å². The molecule has 2 aromatic rings. The number of nitrogens with one attached hydrogen (secondary N) is 1. The molecule has 0 atom stereocenters. The summed E-state index contributed by atoms with van der Waals surface area (Å²) in [4.78, 5) is 24.7. The molecule has 1 N–H and O–H groups in total. The summed E-state index contributed by atoms with van der Waals surface area (Å²) in [5.41, 5.74) is 0.857. The van der Waals surface area contributed by atoms with Crippen LogP contribution in [-0.4, -0.2) is 38.2 Å². The first kappa shape index (κ1) is 19.9. The number of benzene rings is 2. The van der Waals surface area contributed by atoms with Gasteiger partial charge in [0.2, 0.25) is 5.91 Å². The van der Waals surface area contributed by atoms with Crippen LogP contribution in [0, 0.1) is 0 Å². The highest BCUT2D eigenvalue weighted by atomic mass is 35.5. The first-order valence-corrected chi connectivity index (χ1v) is 10.0. The minimum absolute atomic E-state index is 0.0597. The largest absolute Gasteiger partial charge is 0.497 e. The Morgan fingerprint density at radius 3 is 2.29 bits per heavy atom. The van der Waals surface area contributed by atoms with Crippen LogP contribution in [-0.2, 0) is 19.6 Å². The molecule has 1 heterocycles. The molecule has 7 nitrogen and oxygen atoms in total. The number of carbonyl (C=O) groups is 2. The van der Waals surface area contributed by atoms with Crippen molar-refractivity contribution in [1.29, 1.82) is 0 Å². The molecule has 0 fully saturated rings. The molecule has 0 aliphatic carbocycles. The van der Waals surface area contributed by atoms with E-state index in [0.29, 0.717) is 26.3 Å². The Bertz CT molecular complexity index is 1060. The lowest BCUT2D eigenvalue weighted by Gasteiger charge is -2.16. The van der Waals surface area contributed by atoms with Gasteiger partial charge in [0.15, 0.2) is 0 Å². The number of carbonyl (C=O) groups excluding carboxylic acids is 2. The molecule has 1 aliphatic heterocycles. The normalized spacial score (nSPS) is 15.7. The van der Waals surface area contributed by atoms with Gasteiger partial charge in [0.05, 0.1) is 7.11 Å². The van der Waals surface area contributed by atoms with E-state index in [1.54, 1.807) is 48.5 Å². The van der Waals surface area contributed by atoms with Gasteiger partial charge in [-0.15, -0.1) is 0 Å². The van der Waals surface area contributed by atoms with Gasteiger partial charge in [-0.3, -0.25) is 9.59 Å². The van der Waals surface area contributed by atoms with Gasteiger partial charge in [-0.25, -0.2) is 12.7 Å². The molecular weight excluding hydrogens is 404 g/mol. The van der Waals surface area contributed by atoms with Gasteiger partial charge in [0.25, 0.3) is 15.9 Å². The minimum Gasteiger partial charge on any atom is -0.497 e. The molecule has 0 saturated heterocycles. The van der Waals surface area contributed by atoms with Crippen molar-refractivity contribution < 1.29 is 22.7 Å². The molecule has 2 aromatic carbocycles. The van der Waals surface area contributed by atoms with Gasteiger partial charge in [0.1, 0.15) is 17.2 Å². The van der Waals surface area contributed by atoms with Crippen molar-refractivity contribution in [3.63, 3.8) is 0 Å². The summed E-state index contributed by atoms with van der Waals surface area (Å²) < 4.78 is 31.5. The summed E-state index contributed by atoms with van der Waals surface area (Å²) in [5.74, 6) is -0.803. The molecule has 146 valence electrons. The molecule has 0 aromatic heterocycles. The fourth-order valence-electron chi connectivity index (χ4n) is 2.83. The molecule has 28 heavy (non-hydrogen) atoms. The van der Waals surface area contributed by atoms with Crippen molar-refractivity contribution >= 4 is 44.0 Å². The second kappa shape index (κ2) is 7.65. The van der Waals surface area contributed by atoms with Gasteiger partial charge in [-0.05, 0) is 61.0 Å². The maximum absolute atomic E-state index is 12.9. The van der Waals surface area contributed by atoms with Crippen LogP contribution in [0.4, 0.5) is 5.69 Å². The van der Waals surface area contributed by atoms with Gasteiger partial charge >= 0.3 is 0 Å². The third-order valence-corrected chi connectivity index (χ3v) is 6.39. The van der Waals surface area contributed by atoms with E-state index in [0.717, 1.165) is 0 Å². The molecule has 0 spiro atoms. The number of amides is 2. The fraction of sp³-hybridized carbons (Fsp3) is 0.158. The number of ether oxygens (including phenoxy) is 1. The van der Waals surface area contributed by atoms with Crippen molar-refractivity contribution in [2.45, 2.75) is 6.92 Å². The van der Waals surface area contributed by atoms with Crippen molar-refractivity contribution in [2.24, 2.45) is 0 Å². The Morgan fingerprint density at radius 1 is 1.11 bits per heavy atom. The van der Waals surface area contributed by atoms with Crippen LogP contribution < -0.4 is 10.1 Å². The molecule has 0 unspecified atom stereocenters. The Hall–Kier alpha value is -2.84. The predicted molar refractivity (Wildman–Crippen MR) is 106 cm³/mol. The zero-order valence-corrected chi connectivity index (χ0v) is 16.7. The topological polar surface area (TPSA) is 92.8 Å². The van der Waals surface area contributed by atoms with E-state index in [-0.39, 0.29) is 10.5 Å². The summed E-state index contributed by atoms with van der Waals surface area (Å²) >= 11 is 5.79. The number of methoxy groups -OCH3 is 1. The maximum Gasteiger partial charge on any atom is 0.268 e. The quantitative estimate of drug-likeness (QED) is 0.802. The van der Waals surface area contributed by atoms with E-state index in [9.17, 15) is 18.0 Å². The molecular formula is C19H17ClN2O5S. The van der Waals surface area contributed by atoms with E-state index in [1.165, 1.54) is 14.0 Å². The number of hydrogen-bond donors (Lipinski definition) is 1. The van der Waals surface area contributed by atoms with E-state index in [2.05, 4.69) is 5.32 Å². The Balaban J connectivity index is 1.83. The highest BCUT2D eigenvalue weighted by Gasteiger charge is 2.43. The molecule has 3 rings (SSSR count). The van der Waals surface area contributed by atoms with Crippen molar-refractivity contribution in [3.8, 4) is 5.75 Å². The first-order valence-electron chi connectivity index (χ1n) is 8.22. The fourth-order valence-corrected chi connectivity index (χ4v) is 4.72. The monoisotopic (exact) mass is 420 g/mol. The van der Waals surface area contributed by atoms with Crippen LogP contribution >= 0.6 is 11.6 Å². The standard InChI is InChI=1S/C19H17ClN2O5S/c1-12-18(13-3-9-16(27-2)10-4-13)28(25,26)22(19(12)24)11-17(23)21-15-7-5-14(20)6-8-15/h3-10H,11H2,1-2H3,(H,21,23). The molecule has 0 radical (unpaired) electrons. The molecule has 0 bridgehead atoms. The average Bonchev–Trinajstić information content (AvgIpc) is 2.83. The minimum atomic E-state index is -4.15. The molecule has 0 saturated carbocycles. The number of sulfonamides is 1. The van der Waals surface area contributed by atoms with Crippen LogP contribution in [0.3, 0.4) is 0 Å². The number of halogens is 1. The summed E-state index contributed by atoms with van der Waals surface area (Å²) in [6.45, 7) is 0.803. The second-order valence-electron chi connectivity index (χ2n) is 6.05. The molecule has 1 aliphatic rings. The maximum atomic E-state index is 12.9. The average molecular weight is 421 g/mol. The molecule has 9 heteroatoms.